The zero-order chi connectivity index (χ0) is 10.7. The van der Waals surface area contributed by atoms with Crippen LogP contribution in [0.15, 0.2) is 4.60 Å². The van der Waals surface area contributed by atoms with Crippen LogP contribution in [0.25, 0.3) is 0 Å². The molecule has 0 N–H and O–H groups in total. The number of aryl methyl sites for hydroxylation is 1. The SMILES string of the molecule is CCOC(=O)c1nn(C)c(Br)c1CC. The first kappa shape index (κ1) is 11.2. The molecule has 78 valence electrons. The number of ether oxygens (including phenoxy) is 1. The molecule has 4 nitrogen and oxygen atoms in total. The molecule has 0 radical (unpaired) electrons. The predicted molar refractivity (Wildman–Crippen MR) is 56.2 cm³/mol. The third kappa shape index (κ3) is 1.97. The Balaban J connectivity index is 3.08. The average molecular weight is 261 g/mol. The maximum atomic E-state index is 11.5. The summed E-state index contributed by atoms with van der Waals surface area (Å²) in [4.78, 5) is 11.5. The molecule has 0 bridgehead atoms. The quantitative estimate of drug-likeness (QED) is 0.781. The van der Waals surface area contributed by atoms with Crippen LogP contribution < -0.4 is 0 Å². The second kappa shape index (κ2) is 4.59. The molecule has 0 saturated carbocycles. The molecule has 0 saturated heterocycles. The van der Waals surface area contributed by atoms with E-state index in [1.54, 1.807) is 18.7 Å². The second-order valence-electron chi connectivity index (χ2n) is 2.82. The van der Waals surface area contributed by atoms with Crippen molar-refractivity contribution in [2.75, 3.05) is 6.61 Å². The van der Waals surface area contributed by atoms with Gasteiger partial charge in [-0.15, -0.1) is 0 Å². The molecule has 0 aromatic carbocycles. The molecule has 0 amide bonds. The number of esters is 1. The molecule has 0 spiro atoms. The van der Waals surface area contributed by atoms with E-state index in [0.717, 1.165) is 16.6 Å². The van der Waals surface area contributed by atoms with Gasteiger partial charge in [0.1, 0.15) is 4.60 Å². The number of carbonyl (C=O) groups excluding carboxylic acids is 1. The van der Waals surface area contributed by atoms with Crippen LogP contribution >= 0.6 is 15.9 Å². The molecule has 1 aromatic rings. The molecule has 0 unspecified atom stereocenters. The topological polar surface area (TPSA) is 44.1 Å². The first-order chi connectivity index (χ1) is 6.61. The van der Waals surface area contributed by atoms with Crippen LogP contribution in [0.3, 0.4) is 0 Å². The molecular formula is C9H13BrN2O2. The largest absolute Gasteiger partial charge is 0.461 e. The fourth-order valence-electron chi connectivity index (χ4n) is 1.22. The normalized spacial score (nSPS) is 10.3. The molecule has 14 heavy (non-hydrogen) atoms. The number of nitrogens with zero attached hydrogens (tertiary/aromatic N) is 2. The Kier molecular flexibility index (Phi) is 3.69. The lowest BCUT2D eigenvalue weighted by Crippen LogP contribution is -2.08. The van der Waals surface area contributed by atoms with Crippen LogP contribution in [0, 0.1) is 0 Å². The summed E-state index contributed by atoms with van der Waals surface area (Å²) >= 11 is 3.37. The summed E-state index contributed by atoms with van der Waals surface area (Å²) in [6, 6.07) is 0. The highest BCUT2D eigenvalue weighted by Gasteiger charge is 2.19. The molecule has 1 rings (SSSR count). The van der Waals surface area contributed by atoms with Gasteiger partial charge in [-0.3, -0.25) is 4.68 Å². The van der Waals surface area contributed by atoms with Crippen molar-refractivity contribution in [3.63, 3.8) is 0 Å². The Labute approximate surface area is 91.4 Å². The molecule has 0 fully saturated rings. The Hall–Kier alpha value is -0.840. The van der Waals surface area contributed by atoms with E-state index in [-0.39, 0.29) is 5.97 Å². The van der Waals surface area contributed by atoms with Crippen molar-refractivity contribution in [3.05, 3.63) is 15.9 Å². The highest BCUT2D eigenvalue weighted by molar-refractivity contribution is 9.10. The first-order valence-electron chi connectivity index (χ1n) is 4.50. The van der Waals surface area contributed by atoms with E-state index in [4.69, 9.17) is 4.74 Å². The molecular weight excluding hydrogens is 248 g/mol. The van der Waals surface area contributed by atoms with Crippen molar-refractivity contribution >= 4 is 21.9 Å². The van der Waals surface area contributed by atoms with E-state index in [9.17, 15) is 4.79 Å². The smallest absolute Gasteiger partial charge is 0.359 e. The number of carbonyl (C=O) groups is 1. The average Bonchev–Trinajstić information content (AvgIpc) is 2.44. The number of hydrogen-bond acceptors (Lipinski definition) is 3. The number of rotatable bonds is 3. The van der Waals surface area contributed by atoms with Crippen molar-refractivity contribution in [2.45, 2.75) is 20.3 Å². The van der Waals surface area contributed by atoms with Crippen LogP contribution in [0.1, 0.15) is 29.9 Å². The third-order valence-electron chi connectivity index (χ3n) is 1.89. The maximum absolute atomic E-state index is 11.5. The van der Waals surface area contributed by atoms with Crippen molar-refractivity contribution in [1.29, 1.82) is 0 Å². The van der Waals surface area contributed by atoms with Gasteiger partial charge in [0.25, 0.3) is 0 Å². The summed E-state index contributed by atoms with van der Waals surface area (Å²) < 4.78 is 7.37. The van der Waals surface area contributed by atoms with Crippen molar-refractivity contribution < 1.29 is 9.53 Å². The van der Waals surface area contributed by atoms with Crippen molar-refractivity contribution in [3.8, 4) is 0 Å². The number of aromatic nitrogens is 2. The monoisotopic (exact) mass is 260 g/mol. The van der Waals surface area contributed by atoms with Gasteiger partial charge in [-0.1, -0.05) is 6.92 Å². The fraction of sp³-hybridized carbons (Fsp3) is 0.556. The summed E-state index contributed by atoms with van der Waals surface area (Å²) in [5.74, 6) is -0.356. The first-order valence-corrected chi connectivity index (χ1v) is 5.29. The van der Waals surface area contributed by atoms with E-state index in [2.05, 4.69) is 21.0 Å². The van der Waals surface area contributed by atoms with Crippen LogP contribution in [-0.4, -0.2) is 22.4 Å². The van der Waals surface area contributed by atoms with Gasteiger partial charge in [0.15, 0.2) is 5.69 Å². The molecule has 0 aliphatic carbocycles. The standard InChI is InChI=1S/C9H13BrN2O2/c1-4-6-7(9(13)14-5-2)11-12(3)8(6)10/h4-5H2,1-3H3. The molecule has 0 aliphatic rings. The highest BCUT2D eigenvalue weighted by Crippen LogP contribution is 2.20. The molecule has 0 atom stereocenters. The van der Waals surface area contributed by atoms with E-state index in [1.807, 2.05) is 6.92 Å². The van der Waals surface area contributed by atoms with Crippen LogP contribution in [-0.2, 0) is 18.2 Å². The zero-order valence-corrected chi connectivity index (χ0v) is 10.1. The maximum Gasteiger partial charge on any atom is 0.359 e. The van der Waals surface area contributed by atoms with E-state index < -0.39 is 0 Å². The zero-order valence-electron chi connectivity index (χ0n) is 8.50. The Morgan fingerprint density at radius 3 is 2.71 bits per heavy atom. The van der Waals surface area contributed by atoms with Gasteiger partial charge in [0.05, 0.1) is 6.61 Å². The summed E-state index contributed by atoms with van der Waals surface area (Å²) in [7, 11) is 1.78. The van der Waals surface area contributed by atoms with E-state index >= 15 is 0 Å². The third-order valence-corrected chi connectivity index (χ3v) is 2.88. The lowest BCUT2D eigenvalue weighted by Gasteiger charge is -1.99. The van der Waals surface area contributed by atoms with Gasteiger partial charge in [0, 0.05) is 12.6 Å². The minimum absolute atomic E-state index is 0.356. The minimum atomic E-state index is -0.356. The summed E-state index contributed by atoms with van der Waals surface area (Å²) in [6.45, 7) is 4.13. The minimum Gasteiger partial charge on any atom is -0.461 e. The molecule has 0 aliphatic heterocycles. The fourth-order valence-corrected chi connectivity index (χ4v) is 1.77. The Morgan fingerprint density at radius 1 is 1.57 bits per heavy atom. The van der Waals surface area contributed by atoms with Gasteiger partial charge >= 0.3 is 5.97 Å². The Morgan fingerprint density at radius 2 is 2.21 bits per heavy atom. The van der Waals surface area contributed by atoms with Gasteiger partial charge in [-0.25, -0.2) is 4.79 Å². The van der Waals surface area contributed by atoms with Gasteiger partial charge in [-0.05, 0) is 29.3 Å². The summed E-state index contributed by atoms with van der Waals surface area (Å²) in [5, 5.41) is 4.09. The highest BCUT2D eigenvalue weighted by atomic mass is 79.9. The molecule has 1 aromatic heterocycles. The second-order valence-corrected chi connectivity index (χ2v) is 3.57. The van der Waals surface area contributed by atoms with Crippen LogP contribution in [0.2, 0.25) is 0 Å². The van der Waals surface area contributed by atoms with Gasteiger partial charge < -0.3 is 4.74 Å². The summed E-state index contributed by atoms with van der Waals surface area (Å²) in [5.41, 5.74) is 1.30. The number of hydrogen-bond donors (Lipinski definition) is 0. The lowest BCUT2D eigenvalue weighted by atomic mass is 10.2. The van der Waals surface area contributed by atoms with Crippen molar-refractivity contribution in [2.24, 2.45) is 7.05 Å². The molecule has 1 heterocycles. The van der Waals surface area contributed by atoms with Gasteiger partial charge in [-0.2, -0.15) is 5.10 Å². The van der Waals surface area contributed by atoms with E-state index in [1.165, 1.54) is 0 Å². The molecule has 5 heteroatoms. The van der Waals surface area contributed by atoms with Crippen molar-refractivity contribution in [1.82, 2.24) is 9.78 Å². The lowest BCUT2D eigenvalue weighted by molar-refractivity contribution is 0.0517. The summed E-state index contributed by atoms with van der Waals surface area (Å²) in [6.07, 6.45) is 0.753. The van der Waals surface area contributed by atoms with Crippen LogP contribution in [0.5, 0.6) is 0 Å². The predicted octanol–water partition coefficient (Wildman–Crippen LogP) is 1.92. The van der Waals surface area contributed by atoms with E-state index in [0.29, 0.717) is 12.3 Å². The van der Waals surface area contributed by atoms with Gasteiger partial charge in [0.2, 0.25) is 0 Å². The Bertz CT molecular complexity index is 347. The van der Waals surface area contributed by atoms with Crippen LogP contribution in [0.4, 0.5) is 0 Å². The number of halogens is 1.